The van der Waals surface area contributed by atoms with E-state index >= 15 is 0 Å². The van der Waals surface area contributed by atoms with Crippen LogP contribution in [0.1, 0.15) is 40.0 Å². The molecule has 2 atom stereocenters. The van der Waals surface area contributed by atoms with Gasteiger partial charge in [0.15, 0.2) is 0 Å². The first kappa shape index (κ1) is 12.5. The third-order valence-corrected chi connectivity index (χ3v) is 3.30. The van der Waals surface area contributed by atoms with Crippen LogP contribution < -0.4 is 0 Å². The maximum absolute atomic E-state index is 11.6. The van der Waals surface area contributed by atoms with E-state index in [1.54, 1.807) is 0 Å². The van der Waals surface area contributed by atoms with E-state index in [0.29, 0.717) is 6.61 Å². The van der Waals surface area contributed by atoms with Gasteiger partial charge in [0.05, 0.1) is 6.61 Å². The van der Waals surface area contributed by atoms with Crippen molar-refractivity contribution >= 4 is 5.97 Å². The summed E-state index contributed by atoms with van der Waals surface area (Å²) < 4.78 is 5.05. The predicted octanol–water partition coefficient (Wildman–Crippen LogP) is 2.06. The number of esters is 1. The second-order valence-electron chi connectivity index (χ2n) is 4.34. The third-order valence-electron chi connectivity index (χ3n) is 3.30. The van der Waals surface area contributed by atoms with Crippen LogP contribution in [0.2, 0.25) is 0 Å². The molecule has 1 aliphatic heterocycles. The molecule has 0 bridgehead atoms. The van der Waals surface area contributed by atoms with Crippen molar-refractivity contribution in [3.8, 4) is 0 Å². The Bertz CT molecular complexity index is 206. The van der Waals surface area contributed by atoms with Crippen LogP contribution in [0.3, 0.4) is 0 Å². The lowest BCUT2D eigenvalue weighted by Gasteiger charge is -2.35. The first-order valence-electron chi connectivity index (χ1n) is 6.09. The van der Waals surface area contributed by atoms with Crippen LogP contribution >= 0.6 is 0 Å². The molecule has 0 aromatic heterocycles. The summed E-state index contributed by atoms with van der Waals surface area (Å²) in [6.45, 7) is 8.61. The summed E-state index contributed by atoms with van der Waals surface area (Å²) in [7, 11) is 0. The molecule has 0 spiro atoms. The van der Waals surface area contributed by atoms with E-state index in [2.05, 4.69) is 11.8 Å². The SMILES string of the molecule is CCOC(=O)C(C)N1CCCC(CC)C1. The van der Waals surface area contributed by atoms with E-state index < -0.39 is 0 Å². The Morgan fingerprint density at radius 2 is 2.27 bits per heavy atom. The molecule has 0 saturated carbocycles. The molecule has 3 heteroatoms. The molecule has 2 unspecified atom stereocenters. The van der Waals surface area contributed by atoms with Crippen LogP contribution in [0, 0.1) is 5.92 Å². The zero-order chi connectivity index (χ0) is 11.3. The fraction of sp³-hybridized carbons (Fsp3) is 0.917. The summed E-state index contributed by atoms with van der Waals surface area (Å²) in [5.74, 6) is 0.685. The van der Waals surface area contributed by atoms with Crippen molar-refractivity contribution in [1.82, 2.24) is 4.90 Å². The van der Waals surface area contributed by atoms with E-state index in [-0.39, 0.29) is 12.0 Å². The van der Waals surface area contributed by atoms with Crippen LogP contribution in [-0.4, -0.2) is 36.6 Å². The zero-order valence-corrected chi connectivity index (χ0v) is 10.2. The van der Waals surface area contributed by atoms with Crippen molar-refractivity contribution < 1.29 is 9.53 Å². The minimum atomic E-state index is -0.0748. The van der Waals surface area contributed by atoms with Crippen molar-refractivity contribution in [3.63, 3.8) is 0 Å². The molecule has 1 aliphatic rings. The molecule has 0 radical (unpaired) electrons. The summed E-state index contributed by atoms with van der Waals surface area (Å²) in [6.07, 6.45) is 3.73. The fourth-order valence-electron chi connectivity index (χ4n) is 2.19. The largest absolute Gasteiger partial charge is 0.465 e. The van der Waals surface area contributed by atoms with E-state index in [1.807, 2.05) is 13.8 Å². The van der Waals surface area contributed by atoms with Gasteiger partial charge in [-0.2, -0.15) is 0 Å². The average Bonchev–Trinajstić information content (AvgIpc) is 2.28. The molecule has 3 nitrogen and oxygen atoms in total. The second-order valence-corrected chi connectivity index (χ2v) is 4.34. The summed E-state index contributed by atoms with van der Waals surface area (Å²) in [5.41, 5.74) is 0. The molecule has 1 saturated heterocycles. The summed E-state index contributed by atoms with van der Waals surface area (Å²) in [4.78, 5) is 13.8. The summed E-state index contributed by atoms with van der Waals surface area (Å²) in [6, 6.07) is -0.0701. The van der Waals surface area contributed by atoms with Gasteiger partial charge in [0, 0.05) is 6.54 Å². The molecular formula is C12H23NO2. The molecule has 0 aromatic carbocycles. The second kappa shape index (κ2) is 6.11. The number of carbonyl (C=O) groups is 1. The van der Waals surface area contributed by atoms with Crippen molar-refractivity contribution in [2.45, 2.75) is 46.1 Å². The Morgan fingerprint density at radius 1 is 1.53 bits per heavy atom. The van der Waals surface area contributed by atoms with Gasteiger partial charge in [-0.05, 0) is 39.2 Å². The minimum absolute atomic E-state index is 0.0701. The molecule has 0 amide bonds. The number of piperidine rings is 1. The average molecular weight is 213 g/mol. The number of carbonyl (C=O) groups excluding carboxylic acids is 1. The fourth-order valence-corrected chi connectivity index (χ4v) is 2.19. The van der Waals surface area contributed by atoms with Gasteiger partial charge >= 0.3 is 5.97 Å². The summed E-state index contributed by atoms with van der Waals surface area (Å²) >= 11 is 0. The first-order chi connectivity index (χ1) is 7.19. The Hall–Kier alpha value is -0.570. The molecule has 1 rings (SSSR count). The van der Waals surface area contributed by atoms with Gasteiger partial charge in [-0.1, -0.05) is 13.3 Å². The lowest BCUT2D eigenvalue weighted by Crippen LogP contribution is -2.45. The quantitative estimate of drug-likeness (QED) is 0.669. The number of likely N-dealkylation sites (tertiary alicyclic amines) is 1. The molecule has 1 heterocycles. The van der Waals surface area contributed by atoms with Crippen molar-refractivity contribution in [3.05, 3.63) is 0 Å². The van der Waals surface area contributed by atoms with Crippen molar-refractivity contribution in [2.75, 3.05) is 19.7 Å². The normalized spacial score (nSPS) is 24.9. The standard InChI is InChI=1S/C12H23NO2/c1-4-11-7-6-8-13(9-11)10(3)12(14)15-5-2/h10-11H,4-9H2,1-3H3. The van der Waals surface area contributed by atoms with Crippen LogP contribution in [-0.2, 0) is 9.53 Å². The molecule has 0 N–H and O–H groups in total. The number of hydrogen-bond donors (Lipinski definition) is 0. The Kier molecular flexibility index (Phi) is 5.09. The van der Waals surface area contributed by atoms with Gasteiger partial charge in [0.25, 0.3) is 0 Å². The topological polar surface area (TPSA) is 29.5 Å². The zero-order valence-electron chi connectivity index (χ0n) is 10.2. The van der Waals surface area contributed by atoms with E-state index in [4.69, 9.17) is 4.74 Å². The Labute approximate surface area is 92.8 Å². The molecule has 0 aliphatic carbocycles. The number of hydrogen-bond acceptors (Lipinski definition) is 3. The molecule has 0 aromatic rings. The number of nitrogens with zero attached hydrogens (tertiary/aromatic N) is 1. The highest BCUT2D eigenvalue weighted by Crippen LogP contribution is 2.21. The smallest absolute Gasteiger partial charge is 0.323 e. The van der Waals surface area contributed by atoms with Gasteiger partial charge in [-0.15, -0.1) is 0 Å². The number of rotatable bonds is 4. The summed E-state index contributed by atoms with van der Waals surface area (Å²) in [5, 5.41) is 0. The van der Waals surface area contributed by atoms with Gasteiger partial charge in [0.1, 0.15) is 6.04 Å². The first-order valence-corrected chi connectivity index (χ1v) is 6.09. The van der Waals surface area contributed by atoms with Gasteiger partial charge in [0.2, 0.25) is 0 Å². The lowest BCUT2D eigenvalue weighted by molar-refractivity contribution is -0.149. The van der Waals surface area contributed by atoms with Crippen LogP contribution in [0.5, 0.6) is 0 Å². The molecule has 88 valence electrons. The highest BCUT2D eigenvalue weighted by atomic mass is 16.5. The minimum Gasteiger partial charge on any atom is -0.465 e. The highest BCUT2D eigenvalue weighted by Gasteiger charge is 2.27. The van der Waals surface area contributed by atoms with Gasteiger partial charge in [-0.25, -0.2) is 0 Å². The van der Waals surface area contributed by atoms with Crippen molar-refractivity contribution in [2.24, 2.45) is 5.92 Å². The Morgan fingerprint density at radius 3 is 2.87 bits per heavy atom. The molecule has 1 fully saturated rings. The number of ether oxygens (including phenoxy) is 1. The maximum Gasteiger partial charge on any atom is 0.323 e. The van der Waals surface area contributed by atoms with Crippen LogP contribution in [0.4, 0.5) is 0 Å². The van der Waals surface area contributed by atoms with E-state index in [1.165, 1.54) is 19.3 Å². The lowest BCUT2D eigenvalue weighted by atomic mass is 9.95. The third kappa shape index (κ3) is 3.49. The molecule has 15 heavy (non-hydrogen) atoms. The molecular weight excluding hydrogens is 190 g/mol. The van der Waals surface area contributed by atoms with E-state index in [0.717, 1.165) is 19.0 Å². The highest BCUT2D eigenvalue weighted by molar-refractivity contribution is 5.75. The van der Waals surface area contributed by atoms with E-state index in [9.17, 15) is 4.79 Å². The van der Waals surface area contributed by atoms with Gasteiger partial charge < -0.3 is 4.74 Å². The maximum atomic E-state index is 11.6. The van der Waals surface area contributed by atoms with Crippen molar-refractivity contribution in [1.29, 1.82) is 0 Å². The Balaban J connectivity index is 2.44. The monoisotopic (exact) mass is 213 g/mol. The van der Waals surface area contributed by atoms with Crippen LogP contribution in [0.15, 0.2) is 0 Å². The van der Waals surface area contributed by atoms with Crippen LogP contribution in [0.25, 0.3) is 0 Å². The van der Waals surface area contributed by atoms with Gasteiger partial charge in [-0.3, -0.25) is 9.69 Å². The predicted molar refractivity (Wildman–Crippen MR) is 60.7 cm³/mol.